The highest BCUT2D eigenvalue weighted by Crippen LogP contribution is 2.26. The number of nitrogens with zero attached hydrogens (tertiary/aromatic N) is 3. The Morgan fingerprint density at radius 1 is 1.06 bits per heavy atom. The standard InChI is InChI=1S/C26H30N4O/c1-4-13-30-14-11-21(12-15-30)28-29-26(31)23-17-25(20-10-9-18(2)19(3)16-20)27-24-8-6-5-7-22(23)24/h5-10,16-17H,4,11-15H2,1-3H3,(H,29,31). The summed E-state index contributed by atoms with van der Waals surface area (Å²) < 4.78 is 0. The summed E-state index contributed by atoms with van der Waals surface area (Å²) in [4.78, 5) is 20.4. The molecule has 0 saturated carbocycles. The van der Waals surface area contributed by atoms with Crippen LogP contribution in [0.3, 0.4) is 0 Å². The number of aromatic nitrogens is 1. The number of nitrogens with one attached hydrogen (secondary N) is 1. The molecule has 5 nitrogen and oxygen atoms in total. The number of hydrogen-bond donors (Lipinski definition) is 1. The maximum absolute atomic E-state index is 13.1. The first-order valence-electron chi connectivity index (χ1n) is 11.1. The van der Waals surface area contributed by atoms with E-state index >= 15 is 0 Å². The molecule has 1 aliphatic rings. The number of benzene rings is 2. The van der Waals surface area contributed by atoms with Crippen LogP contribution in [0.4, 0.5) is 0 Å². The van der Waals surface area contributed by atoms with E-state index in [9.17, 15) is 4.79 Å². The zero-order chi connectivity index (χ0) is 21.8. The summed E-state index contributed by atoms with van der Waals surface area (Å²) in [6, 6.07) is 15.9. The van der Waals surface area contributed by atoms with Gasteiger partial charge in [-0.2, -0.15) is 5.10 Å². The average molecular weight is 415 g/mol. The largest absolute Gasteiger partial charge is 0.303 e. The van der Waals surface area contributed by atoms with Crippen LogP contribution in [0.25, 0.3) is 22.2 Å². The molecule has 0 radical (unpaired) electrons. The number of rotatable bonds is 5. The summed E-state index contributed by atoms with van der Waals surface area (Å²) in [5.74, 6) is -0.188. The van der Waals surface area contributed by atoms with Gasteiger partial charge < -0.3 is 4.90 Å². The normalized spacial score (nSPS) is 14.6. The predicted octanol–water partition coefficient (Wildman–Crippen LogP) is 5.11. The summed E-state index contributed by atoms with van der Waals surface area (Å²) >= 11 is 0. The number of hydrazone groups is 1. The van der Waals surface area contributed by atoms with E-state index < -0.39 is 0 Å². The highest BCUT2D eigenvalue weighted by Gasteiger charge is 2.17. The number of amides is 1. The van der Waals surface area contributed by atoms with Gasteiger partial charge in [0.2, 0.25) is 0 Å². The Kier molecular flexibility index (Phi) is 6.42. The number of fused-ring (bicyclic) bond motifs is 1. The van der Waals surface area contributed by atoms with E-state index in [4.69, 9.17) is 4.98 Å². The zero-order valence-electron chi connectivity index (χ0n) is 18.6. The first-order valence-corrected chi connectivity index (χ1v) is 11.1. The Hall–Kier alpha value is -3.05. The lowest BCUT2D eigenvalue weighted by atomic mass is 10.0. The third kappa shape index (κ3) is 4.83. The van der Waals surface area contributed by atoms with Gasteiger partial charge in [0.05, 0.1) is 16.8 Å². The van der Waals surface area contributed by atoms with Crippen molar-refractivity contribution in [2.24, 2.45) is 5.10 Å². The van der Waals surface area contributed by atoms with Gasteiger partial charge >= 0.3 is 0 Å². The number of pyridine rings is 1. The van der Waals surface area contributed by atoms with E-state index in [0.29, 0.717) is 5.56 Å². The molecule has 0 aliphatic carbocycles. The summed E-state index contributed by atoms with van der Waals surface area (Å²) in [6.07, 6.45) is 2.98. The molecule has 1 aromatic heterocycles. The Labute approximate surface area is 184 Å². The van der Waals surface area contributed by atoms with Gasteiger partial charge in [0, 0.05) is 42.6 Å². The van der Waals surface area contributed by atoms with E-state index in [1.807, 2.05) is 30.3 Å². The molecule has 0 bridgehead atoms. The van der Waals surface area contributed by atoms with Gasteiger partial charge in [0.15, 0.2) is 0 Å². The van der Waals surface area contributed by atoms with Gasteiger partial charge in [-0.1, -0.05) is 37.3 Å². The quantitative estimate of drug-likeness (QED) is 0.590. The molecule has 1 aliphatic heterocycles. The molecule has 0 unspecified atom stereocenters. The topological polar surface area (TPSA) is 57.6 Å². The molecule has 1 saturated heterocycles. The maximum atomic E-state index is 13.1. The Balaban J connectivity index is 1.61. The van der Waals surface area contributed by atoms with Crippen LogP contribution in [-0.2, 0) is 0 Å². The molecular weight excluding hydrogens is 384 g/mol. The van der Waals surface area contributed by atoms with Crippen molar-refractivity contribution in [3.8, 4) is 11.3 Å². The molecule has 5 heteroatoms. The first kappa shape index (κ1) is 21.2. The zero-order valence-corrected chi connectivity index (χ0v) is 18.6. The highest BCUT2D eigenvalue weighted by molar-refractivity contribution is 6.07. The molecule has 0 atom stereocenters. The van der Waals surface area contributed by atoms with E-state index in [1.165, 1.54) is 17.5 Å². The van der Waals surface area contributed by atoms with Crippen molar-refractivity contribution in [2.45, 2.75) is 40.0 Å². The van der Waals surface area contributed by atoms with Crippen molar-refractivity contribution in [3.05, 3.63) is 65.2 Å². The SMILES string of the molecule is CCCN1CCC(=NNC(=O)c2cc(-c3ccc(C)c(C)c3)nc3ccccc23)CC1. The first-order chi connectivity index (χ1) is 15.0. The number of hydrogen-bond acceptors (Lipinski definition) is 4. The highest BCUT2D eigenvalue weighted by atomic mass is 16.2. The van der Waals surface area contributed by atoms with Gasteiger partial charge in [-0.25, -0.2) is 10.4 Å². The van der Waals surface area contributed by atoms with Crippen molar-refractivity contribution in [1.82, 2.24) is 15.3 Å². The van der Waals surface area contributed by atoms with Crippen molar-refractivity contribution >= 4 is 22.5 Å². The summed E-state index contributed by atoms with van der Waals surface area (Å²) in [7, 11) is 0. The van der Waals surface area contributed by atoms with E-state index in [-0.39, 0.29) is 5.91 Å². The number of para-hydroxylation sites is 1. The number of piperidine rings is 1. The van der Waals surface area contributed by atoms with Crippen LogP contribution in [0.2, 0.25) is 0 Å². The fourth-order valence-electron chi connectivity index (χ4n) is 4.06. The lowest BCUT2D eigenvalue weighted by molar-refractivity contribution is 0.0956. The van der Waals surface area contributed by atoms with Crippen LogP contribution >= 0.6 is 0 Å². The van der Waals surface area contributed by atoms with Crippen molar-refractivity contribution in [1.29, 1.82) is 0 Å². The van der Waals surface area contributed by atoms with Gasteiger partial charge in [0.25, 0.3) is 5.91 Å². The minimum atomic E-state index is -0.188. The fraction of sp³-hybridized carbons (Fsp3) is 0.346. The molecule has 4 rings (SSSR count). The molecule has 1 N–H and O–H groups in total. The fourth-order valence-corrected chi connectivity index (χ4v) is 4.06. The monoisotopic (exact) mass is 414 g/mol. The van der Waals surface area contributed by atoms with Crippen LogP contribution in [0.15, 0.2) is 53.6 Å². The molecule has 1 amide bonds. The van der Waals surface area contributed by atoms with Crippen molar-refractivity contribution in [3.63, 3.8) is 0 Å². The smallest absolute Gasteiger partial charge is 0.272 e. The van der Waals surface area contributed by atoms with Crippen LogP contribution in [-0.4, -0.2) is 41.1 Å². The lowest BCUT2D eigenvalue weighted by Gasteiger charge is -2.26. The van der Waals surface area contributed by atoms with Gasteiger partial charge in [-0.3, -0.25) is 4.79 Å². The minimum absolute atomic E-state index is 0.188. The molecule has 3 aromatic rings. The number of aryl methyl sites for hydroxylation is 2. The Morgan fingerprint density at radius 2 is 1.84 bits per heavy atom. The molecule has 1 fully saturated rings. The second-order valence-electron chi connectivity index (χ2n) is 8.33. The molecule has 31 heavy (non-hydrogen) atoms. The van der Waals surface area contributed by atoms with E-state index in [0.717, 1.165) is 60.3 Å². The predicted molar refractivity (Wildman–Crippen MR) is 128 cm³/mol. The van der Waals surface area contributed by atoms with Crippen molar-refractivity contribution in [2.75, 3.05) is 19.6 Å². The second kappa shape index (κ2) is 9.40. The Morgan fingerprint density at radius 3 is 2.58 bits per heavy atom. The van der Waals surface area contributed by atoms with Gasteiger partial charge in [-0.05, 0) is 56.1 Å². The van der Waals surface area contributed by atoms with Gasteiger partial charge in [0.1, 0.15) is 0 Å². The Bertz CT molecular complexity index is 1130. The van der Waals surface area contributed by atoms with E-state index in [1.54, 1.807) is 0 Å². The van der Waals surface area contributed by atoms with Gasteiger partial charge in [-0.15, -0.1) is 0 Å². The average Bonchev–Trinajstić information content (AvgIpc) is 2.79. The van der Waals surface area contributed by atoms with E-state index in [2.05, 4.69) is 54.4 Å². The summed E-state index contributed by atoms with van der Waals surface area (Å²) in [5, 5.41) is 5.30. The van der Waals surface area contributed by atoms with Crippen LogP contribution < -0.4 is 5.43 Å². The third-order valence-corrected chi connectivity index (χ3v) is 6.05. The minimum Gasteiger partial charge on any atom is -0.303 e. The maximum Gasteiger partial charge on any atom is 0.272 e. The van der Waals surface area contributed by atoms with Crippen molar-refractivity contribution < 1.29 is 4.79 Å². The third-order valence-electron chi connectivity index (χ3n) is 6.05. The van der Waals surface area contributed by atoms with Crippen LogP contribution in [0.5, 0.6) is 0 Å². The second-order valence-corrected chi connectivity index (χ2v) is 8.33. The molecule has 2 heterocycles. The molecule has 0 spiro atoms. The number of likely N-dealkylation sites (tertiary alicyclic amines) is 1. The number of carbonyl (C=O) groups is 1. The molecular formula is C26H30N4O. The molecule has 160 valence electrons. The lowest BCUT2D eigenvalue weighted by Crippen LogP contribution is -2.35. The van der Waals surface area contributed by atoms with Crippen LogP contribution in [0, 0.1) is 13.8 Å². The molecule has 2 aromatic carbocycles. The number of carbonyl (C=O) groups excluding carboxylic acids is 1. The summed E-state index contributed by atoms with van der Waals surface area (Å²) in [5.41, 5.74) is 9.54. The van der Waals surface area contributed by atoms with Crippen LogP contribution in [0.1, 0.15) is 47.7 Å². The summed E-state index contributed by atoms with van der Waals surface area (Å²) in [6.45, 7) is 9.54.